The van der Waals surface area contributed by atoms with Crippen molar-refractivity contribution in [3.63, 3.8) is 0 Å². The summed E-state index contributed by atoms with van der Waals surface area (Å²) in [5.41, 5.74) is 2.75. The molecule has 1 heterocycles. The minimum Gasteiger partial charge on any atom is -0.507 e. The Bertz CT molecular complexity index is 1240. The quantitative estimate of drug-likeness (QED) is 0.323. The number of phenolic OH excluding ortho intramolecular Hbond substituents is 1. The first-order valence-corrected chi connectivity index (χ1v) is 10.2. The molecule has 0 bridgehead atoms. The largest absolute Gasteiger partial charge is 0.507 e. The lowest BCUT2D eigenvalue weighted by Crippen LogP contribution is -2.40. The van der Waals surface area contributed by atoms with E-state index >= 15 is 0 Å². The number of nitro benzene ring substituents is 1. The molecule has 4 aromatic rings. The zero-order valence-corrected chi connectivity index (χ0v) is 17.0. The summed E-state index contributed by atoms with van der Waals surface area (Å²) in [6.07, 6.45) is -0.829. The Hall–Kier alpha value is -4.16. The third kappa shape index (κ3) is 3.18. The van der Waals surface area contributed by atoms with Crippen LogP contribution in [0.3, 0.4) is 0 Å². The highest BCUT2D eigenvalue weighted by Crippen LogP contribution is 2.51. The molecule has 0 amide bonds. The number of benzene rings is 4. The van der Waals surface area contributed by atoms with Crippen LogP contribution in [0.25, 0.3) is 0 Å². The van der Waals surface area contributed by atoms with E-state index in [-0.39, 0.29) is 11.4 Å². The van der Waals surface area contributed by atoms with Gasteiger partial charge in [0.15, 0.2) is 6.23 Å². The first-order valence-electron chi connectivity index (χ1n) is 10.2. The van der Waals surface area contributed by atoms with Gasteiger partial charge in [0.25, 0.3) is 5.69 Å². The van der Waals surface area contributed by atoms with Gasteiger partial charge in [0, 0.05) is 28.9 Å². The molecule has 158 valence electrons. The van der Waals surface area contributed by atoms with E-state index in [9.17, 15) is 15.2 Å². The Morgan fingerprint density at radius 2 is 1.44 bits per heavy atom. The van der Waals surface area contributed by atoms with Crippen LogP contribution >= 0.6 is 0 Å². The minimum atomic E-state index is -0.994. The highest BCUT2D eigenvalue weighted by Gasteiger charge is 2.45. The maximum Gasteiger partial charge on any atom is 0.270 e. The second-order valence-electron chi connectivity index (χ2n) is 7.60. The van der Waals surface area contributed by atoms with Crippen LogP contribution in [0.1, 0.15) is 28.5 Å². The fraction of sp³-hybridized carbons (Fsp3) is 0.0769. The van der Waals surface area contributed by atoms with Gasteiger partial charge in [-0.25, -0.2) is 0 Å². The van der Waals surface area contributed by atoms with E-state index in [1.165, 1.54) is 18.2 Å². The fourth-order valence-corrected chi connectivity index (χ4v) is 4.29. The van der Waals surface area contributed by atoms with E-state index in [1.807, 2.05) is 84.9 Å². The van der Waals surface area contributed by atoms with Gasteiger partial charge in [-0.2, -0.15) is 0 Å². The van der Waals surface area contributed by atoms with Gasteiger partial charge in [-0.1, -0.05) is 78.9 Å². The molecule has 0 aliphatic carbocycles. The van der Waals surface area contributed by atoms with Crippen molar-refractivity contribution in [2.75, 3.05) is 5.32 Å². The average molecular weight is 424 g/mol. The van der Waals surface area contributed by atoms with E-state index in [2.05, 4.69) is 5.32 Å². The molecule has 1 aliphatic heterocycles. The second-order valence-corrected chi connectivity index (χ2v) is 7.60. The van der Waals surface area contributed by atoms with Crippen molar-refractivity contribution in [2.45, 2.75) is 11.8 Å². The molecule has 0 unspecified atom stereocenters. The summed E-state index contributed by atoms with van der Waals surface area (Å²) < 4.78 is 6.78. The highest BCUT2D eigenvalue weighted by molar-refractivity contribution is 5.64. The lowest BCUT2D eigenvalue weighted by atomic mass is 9.78. The summed E-state index contributed by atoms with van der Waals surface area (Å²) in [4.78, 5) is 10.9. The summed E-state index contributed by atoms with van der Waals surface area (Å²) in [6, 6.07) is 31.5. The predicted molar refractivity (Wildman–Crippen MR) is 121 cm³/mol. The van der Waals surface area contributed by atoms with Gasteiger partial charge in [-0.3, -0.25) is 10.1 Å². The topological polar surface area (TPSA) is 84.6 Å². The van der Waals surface area contributed by atoms with Crippen LogP contribution in [0, 0.1) is 10.1 Å². The molecule has 0 spiro atoms. The molecule has 6 heteroatoms. The number of aromatic hydroxyl groups is 1. The number of rotatable bonds is 4. The Balaban J connectivity index is 1.77. The smallest absolute Gasteiger partial charge is 0.270 e. The Morgan fingerprint density at radius 3 is 2.06 bits per heavy atom. The van der Waals surface area contributed by atoms with Crippen LogP contribution in [-0.4, -0.2) is 10.0 Å². The zero-order valence-electron chi connectivity index (χ0n) is 17.0. The van der Waals surface area contributed by atoms with Crippen LogP contribution in [0.5, 0.6) is 5.75 Å². The minimum absolute atomic E-state index is 0.0810. The maximum absolute atomic E-state index is 11.4. The van der Waals surface area contributed by atoms with Gasteiger partial charge in [0.2, 0.25) is 0 Å². The van der Waals surface area contributed by atoms with Crippen LogP contribution in [0.4, 0.5) is 11.4 Å². The SMILES string of the molecule is O=[N+]([O-])c1ccc(O)c([C@@H]2Nc3ccccc3C(c3ccccc3)(c3ccccc3)O2)c1. The third-order valence-corrected chi connectivity index (χ3v) is 5.75. The van der Waals surface area contributed by atoms with Crippen LogP contribution in [0.2, 0.25) is 0 Å². The molecular weight excluding hydrogens is 404 g/mol. The van der Waals surface area contributed by atoms with Gasteiger partial charge in [0.05, 0.1) is 4.92 Å². The zero-order chi connectivity index (χ0) is 22.1. The standard InChI is InChI=1S/C26H20N2O4/c29-24-16-15-20(28(30)31)17-21(24)25-27-23-14-8-7-13-22(23)26(32-25,18-9-3-1-4-10-18)19-11-5-2-6-12-19/h1-17,25,27,29H/t25-/m1/s1. The number of nitrogens with zero attached hydrogens (tertiary/aromatic N) is 1. The number of anilines is 1. The molecule has 0 fully saturated rings. The van der Waals surface area contributed by atoms with Crippen molar-refractivity contribution in [1.29, 1.82) is 0 Å². The maximum atomic E-state index is 11.4. The van der Waals surface area contributed by atoms with Crippen molar-refractivity contribution in [1.82, 2.24) is 0 Å². The first-order chi connectivity index (χ1) is 15.6. The predicted octanol–water partition coefficient (Wildman–Crippen LogP) is 5.73. The lowest BCUT2D eigenvalue weighted by Gasteiger charge is -2.44. The number of fused-ring (bicyclic) bond motifs is 1. The van der Waals surface area contributed by atoms with Gasteiger partial charge in [0.1, 0.15) is 11.4 Å². The Labute approximate surface area is 184 Å². The Kier molecular flexibility index (Phi) is 4.84. The highest BCUT2D eigenvalue weighted by atomic mass is 16.6. The molecule has 0 saturated heterocycles. The van der Waals surface area contributed by atoms with E-state index in [0.29, 0.717) is 5.56 Å². The molecule has 0 aromatic heterocycles. The van der Waals surface area contributed by atoms with Crippen molar-refractivity contribution in [3.8, 4) is 5.75 Å². The number of non-ortho nitro benzene ring substituents is 1. The summed E-state index contributed by atoms with van der Waals surface area (Å²) in [7, 11) is 0. The fourth-order valence-electron chi connectivity index (χ4n) is 4.29. The van der Waals surface area contributed by atoms with Crippen molar-refractivity contribution in [3.05, 3.63) is 135 Å². The number of phenols is 1. The van der Waals surface area contributed by atoms with Crippen LogP contribution in [-0.2, 0) is 10.3 Å². The van der Waals surface area contributed by atoms with E-state index in [4.69, 9.17) is 4.74 Å². The molecular formula is C26H20N2O4. The normalized spacial score (nSPS) is 16.6. The second kappa shape index (κ2) is 7.83. The van der Waals surface area contributed by atoms with Gasteiger partial charge >= 0.3 is 0 Å². The number of hydrogen-bond donors (Lipinski definition) is 2. The number of nitro groups is 1. The van der Waals surface area contributed by atoms with E-state index in [0.717, 1.165) is 22.4 Å². The summed E-state index contributed by atoms with van der Waals surface area (Å²) in [5, 5.41) is 25.3. The number of ether oxygens (including phenoxy) is 1. The van der Waals surface area contributed by atoms with Crippen LogP contribution < -0.4 is 5.32 Å². The van der Waals surface area contributed by atoms with Gasteiger partial charge in [-0.05, 0) is 23.3 Å². The van der Waals surface area contributed by atoms with Gasteiger partial charge < -0.3 is 15.2 Å². The number of nitrogens with one attached hydrogen (secondary N) is 1. The van der Waals surface area contributed by atoms with E-state index < -0.39 is 16.8 Å². The molecule has 6 nitrogen and oxygen atoms in total. The molecule has 32 heavy (non-hydrogen) atoms. The third-order valence-electron chi connectivity index (χ3n) is 5.75. The molecule has 4 aromatic carbocycles. The molecule has 1 aliphatic rings. The Morgan fingerprint density at radius 1 is 0.844 bits per heavy atom. The molecule has 0 radical (unpaired) electrons. The average Bonchev–Trinajstić information content (AvgIpc) is 2.84. The number of para-hydroxylation sites is 1. The summed E-state index contributed by atoms with van der Waals surface area (Å²) >= 11 is 0. The summed E-state index contributed by atoms with van der Waals surface area (Å²) in [5.74, 6) is -0.0810. The monoisotopic (exact) mass is 424 g/mol. The van der Waals surface area contributed by atoms with Crippen molar-refractivity contribution in [2.24, 2.45) is 0 Å². The molecule has 0 saturated carbocycles. The molecule has 1 atom stereocenters. The summed E-state index contributed by atoms with van der Waals surface area (Å²) in [6.45, 7) is 0. The van der Waals surface area contributed by atoms with Crippen molar-refractivity contribution < 1.29 is 14.8 Å². The molecule has 2 N–H and O–H groups in total. The van der Waals surface area contributed by atoms with Gasteiger partial charge in [-0.15, -0.1) is 0 Å². The molecule has 5 rings (SSSR count). The van der Waals surface area contributed by atoms with Crippen LogP contribution in [0.15, 0.2) is 103 Å². The lowest BCUT2D eigenvalue weighted by molar-refractivity contribution is -0.385. The van der Waals surface area contributed by atoms with E-state index in [1.54, 1.807) is 0 Å². The first kappa shape index (κ1) is 19.8. The number of hydrogen-bond acceptors (Lipinski definition) is 5. The van der Waals surface area contributed by atoms with Crippen molar-refractivity contribution >= 4 is 11.4 Å².